The Morgan fingerprint density at radius 3 is 2.90 bits per heavy atom. The lowest BCUT2D eigenvalue weighted by Gasteiger charge is -2.06. The second-order valence-electron chi connectivity index (χ2n) is 4.24. The maximum absolute atomic E-state index is 5.19. The van der Waals surface area contributed by atoms with E-state index in [-0.39, 0.29) is 0 Å². The minimum absolute atomic E-state index is 0.656. The zero-order chi connectivity index (χ0) is 13.9. The highest BCUT2D eigenvalue weighted by molar-refractivity contribution is 8.00. The average Bonchev–Trinajstić information content (AvgIpc) is 3.00. The maximum Gasteiger partial charge on any atom is 0.177 e. The van der Waals surface area contributed by atoms with Crippen LogP contribution in [0.4, 0.5) is 0 Å². The number of benzene rings is 1. The summed E-state index contributed by atoms with van der Waals surface area (Å²) >= 11 is 2.96. The van der Waals surface area contributed by atoms with Gasteiger partial charge in [-0.15, -0.1) is 0 Å². The molecule has 0 fully saturated rings. The number of methoxy groups -OCH3 is 1. The number of hydrogen-bond acceptors (Lipinski definition) is 6. The molecule has 0 aliphatic carbocycles. The van der Waals surface area contributed by atoms with Gasteiger partial charge in [-0.2, -0.15) is 4.37 Å². The molecule has 3 aromatic rings. The van der Waals surface area contributed by atoms with Gasteiger partial charge in [-0.1, -0.05) is 12.1 Å². The maximum atomic E-state index is 5.19. The van der Waals surface area contributed by atoms with Gasteiger partial charge in [-0.05, 0) is 42.4 Å². The molecule has 0 bridgehead atoms. The Hall–Kier alpha value is -1.44. The first-order chi connectivity index (χ1) is 9.78. The molecule has 0 N–H and O–H groups in total. The summed E-state index contributed by atoms with van der Waals surface area (Å²) in [6, 6.07) is 8.12. The standard InChI is InChI=1S/C13H14N4OS2/c1-9-14-13(20-16-9)19-12-15-10-5-3-4-6-11(10)17(12)7-8-18-2/h3-6H,7-8H2,1-2H3. The van der Waals surface area contributed by atoms with E-state index in [1.807, 2.05) is 25.1 Å². The lowest BCUT2D eigenvalue weighted by Crippen LogP contribution is -2.05. The van der Waals surface area contributed by atoms with Crippen LogP contribution in [0.15, 0.2) is 33.8 Å². The lowest BCUT2D eigenvalue weighted by atomic mass is 10.3. The van der Waals surface area contributed by atoms with Gasteiger partial charge in [0.25, 0.3) is 0 Å². The van der Waals surface area contributed by atoms with Gasteiger partial charge < -0.3 is 9.30 Å². The SMILES string of the molecule is COCCn1c(Sc2nc(C)ns2)nc2ccccc21. The molecule has 1 aromatic carbocycles. The van der Waals surface area contributed by atoms with Gasteiger partial charge >= 0.3 is 0 Å². The van der Waals surface area contributed by atoms with E-state index in [0.717, 1.165) is 32.9 Å². The van der Waals surface area contributed by atoms with Crippen LogP contribution < -0.4 is 0 Å². The Kier molecular flexibility index (Phi) is 4.00. The quantitative estimate of drug-likeness (QED) is 0.725. The molecular weight excluding hydrogens is 292 g/mol. The summed E-state index contributed by atoms with van der Waals surface area (Å²) in [6.07, 6.45) is 0. The van der Waals surface area contributed by atoms with E-state index in [0.29, 0.717) is 6.61 Å². The van der Waals surface area contributed by atoms with Crippen molar-refractivity contribution in [3.05, 3.63) is 30.1 Å². The Morgan fingerprint density at radius 1 is 1.30 bits per heavy atom. The summed E-state index contributed by atoms with van der Waals surface area (Å²) in [5.41, 5.74) is 2.11. The molecule has 0 amide bonds. The highest BCUT2D eigenvalue weighted by Gasteiger charge is 2.13. The highest BCUT2D eigenvalue weighted by atomic mass is 32.2. The van der Waals surface area contributed by atoms with Crippen LogP contribution in [0.25, 0.3) is 11.0 Å². The summed E-state index contributed by atoms with van der Waals surface area (Å²) in [6.45, 7) is 3.33. The number of nitrogens with zero attached hydrogens (tertiary/aromatic N) is 4. The number of hydrogen-bond donors (Lipinski definition) is 0. The number of rotatable bonds is 5. The lowest BCUT2D eigenvalue weighted by molar-refractivity contribution is 0.186. The molecule has 5 nitrogen and oxygen atoms in total. The molecule has 0 unspecified atom stereocenters. The Morgan fingerprint density at radius 2 is 2.15 bits per heavy atom. The monoisotopic (exact) mass is 306 g/mol. The smallest absolute Gasteiger partial charge is 0.177 e. The normalized spacial score (nSPS) is 11.3. The largest absolute Gasteiger partial charge is 0.383 e. The van der Waals surface area contributed by atoms with Crippen molar-refractivity contribution in [2.24, 2.45) is 0 Å². The predicted octanol–water partition coefficient (Wildman–Crippen LogP) is 2.99. The molecule has 0 saturated heterocycles. The van der Waals surface area contributed by atoms with Crippen LogP contribution in [0.3, 0.4) is 0 Å². The van der Waals surface area contributed by atoms with E-state index in [4.69, 9.17) is 4.74 Å². The summed E-state index contributed by atoms with van der Waals surface area (Å²) in [4.78, 5) is 9.06. The van der Waals surface area contributed by atoms with Gasteiger partial charge in [-0.3, -0.25) is 0 Å². The molecule has 0 aliphatic rings. The van der Waals surface area contributed by atoms with E-state index < -0.39 is 0 Å². The fourth-order valence-corrected chi connectivity index (χ4v) is 3.61. The van der Waals surface area contributed by atoms with Crippen molar-refractivity contribution in [2.75, 3.05) is 13.7 Å². The van der Waals surface area contributed by atoms with Crippen molar-refractivity contribution in [2.45, 2.75) is 23.0 Å². The first-order valence-corrected chi connectivity index (χ1v) is 7.79. The third kappa shape index (κ3) is 2.70. The van der Waals surface area contributed by atoms with E-state index >= 15 is 0 Å². The molecule has 0 atom stereocenters. The number of fused-ring (bicyclic) bond motifs is 1. The molecule has 2 aromatic heterocycles. The van der Waals surface area contributed by atoms with Crippen molar-refractivity contribution < 1.29 is 4.74 Å². The Labute approximate surface area is 125 Å². The van der Waals surface area contributed by atoms with Gasteiger partial charge in [0.2, 0.25) is 0 Å². The average molecular weight is 306 g/mol. The molecular formula is C13H14N4OS2. The van der Waals surface area contributed by atoms with E-state index in [1.54, 1.807) is 18.9 Å². The fraction of sp³-hybridized carbons (Fsp3) is 0.308. The van der Waals surface area contributed by atoms with E-state index in [1.165, 1.54) is 11.5 Å². The summed E-state index contributed by atoms with van der Waals surface area (Å²) in [5.74, 6) is 0.803. The van der Waals surface area contributed by atoms with Gasteiger partial charge in [0.1, 0.15) is 5.82 Å². The zero-order valence-corrected chi connectivity index (χ0v) is 12.9. The minimum Gasteiger partial charge on any atom is -0.383 e. The zero-order valence-electron chi connectivity index (χ0n) is 11.2. The molecule has 0 spiro atoms. The molecule has 0 aliphatic heterocycles. The molecule has 2 heterocycles. The van der Waals surface area contributed by atoms with Crippen molar-refractivity contribution in [1.82, 2.24) is 18.9 Å². The predicted molar refractivity (Wildman–Crippen MR) is 80.4 cm³/mol. The summed E-state index contributed by atoms with van der Waals surface area (Å²) in [5, 5.41) is 0.930. The second kappa shape index (κ2) is 5.90. The molecule has 3 rings (SSSR count). The first-order valence-electron chi connectivity index (χ1n) is 6.20. The number of para-hydroxylation sites is 2. The van der Waals surface area contributed by atoms with Crippen molar-refractivity contribution >= 4 is 34.3 Å². The second-order valence-corrected chi connectivity index (χ2v) is 6.20. The number of imidazole rings is 1. The van der Waals surface area contributed by atoms with E-state index in [2.05, 4.69) is 25.0 Å². The van der Waals surface area contributed by atoms with Crippen LogP contribution >= 0.6 is 23.3 Å². The molecule has 7 heteroatoms. The number of aromatic nitrogens is 4. The van der Waals surface area contributed by atoms with Crippen LogP contribution in [0.2, 0.25) is 0 Å². The Bertz CT molecular complexity index is 722. The van der Waals surface area contributed by atoms with E-state index in [9.17, 15) is 0 Å². The molecule has 104 valence electrons. The fourth-order valence-electron chi connectivity index (χ4n) is 1.93. The third-order valence-electron chi connectivity index (χ3n) is 2.83. The number of ether oxygens (including phenoxy) is 1. The summed E-state index contributed by atoms with van der Waals surface area (Å²) in [7, 11) is 1.71. The third-order valence-corrected chi connectivity index (χ3v) is 4.66. The van der Waals surface area contributed by atoms with Crippen molar-refractivity contribution in [3.63, 3.8) is 0 Å². The highest BCUT2D eigenvalue weighted by Crippen LogP contribution is 2.31. The first kappa shape index (κ1) is 13.5. The van der Waals surface area contributed by atoms with Crippen LogP contribution in [0.5, 0.6) is 0 Å². The van der Waals surface area contributed by atoms with Crippen molar-refractivity contribution in [1.29, 1.82) is 0 Å². The molecule has 20 heavy (non-hydrogen) atoms. The van der Waals surface area contributed by atoms with Gasteiger partial charge in [0, 0.05) is 13.7 Å². The Balaban J connectivity index is 1.99. The molecule has 0 radical (unpaired) electrons. The van der Waals surface area contributed by atoms with Gasteiger partial charge in [-0.25, -0.2) is 9.97 Å². The van der Waals surface area contributed by atoms with Gasteiger partial charge in [0.05, 0.1) is 17.6 Å². The van der Waals surface area contributed by atoms with Crippen molar-refractivity contribution in [3.8, 4) is 0 Å². The topological polar surface area (TPSA) is 52.8 Å². The van der Waals surface area contributed by atoms with Crippen LogP contribution in [0.1, 0.15) is 5.82 Å². The minimum atomic E-state index is 0.656. The summed E-state index contributed by atoms with van der Waals surface area (Å²) < 4.78 is 12.5. The van der Waals surface area contributed by atoms with Crippen LogP contribution in [-0.4, -0.2) is 32.6 Å². The van der Waals surface area contributed by atoms with Gasteiger partial charge in [0.15, 0.2) is 9.50 Å². The number of aryl methyl sites for hydroxylation is 1. The molecule has 0 saturated carbocycles. The van der Waals surface area contributed by atoms with Crippen LogP contribution in [-0.2, 0) is 11.3 Å². The van der Waals surface area contributed by atoms with Crippen LogP contribution in [0, 0.1) is 6.92 Å².